The highest BCUT2D eigenvalue weighted by molar-refractivity contribution is 6.01. The largest absolute Gasteiger partial charge is 0.338 e. The number of hydrogen-bond donors (Lipinski definition) is 0. The molecule has 0 unspecified atom stereocenters. The van der Waals surface area contributed by atoms with Crippen molar-refractivity contribution in [2.75, 3.05) is 26.2 Å². The van der Waals surface area contributed by atoms with E-state index in [1.165, 1.54) is 5.56 Å². The molecule has 2 aliphatic rings. The van der Waals surface area contributed by atoms with Crippen molar-refractivity contribution in [1.82, 2.24) is 14.7 Å². The van der Waals surface area contributed by atoms with Crippen molar-refractivity contribution in [2.45, 2.75) is 19.1 Å². The molecule has 3 aromatic carbocycles. The van der Waals surface area contributed by atoms with Gasteiger partial charge in [-0.1, -0.05) is 78.9 Å². The van der Waals surface area contributed by atoms with Crippen molar-refractivity contribution < 1.29 is 9.59 Å². The Morgan fingerprint density at radius 2 is 1.41 bits per heavy atom. The van der Waals surface area contributed by atoms with Crippen molar-refractivity contribution in [3.05, 3.63) is 107 Å². The minimum absolute atomic E-state index is 0.0108. The minimum Gasteiger partial charge on any atom is -0.338 e. The van der Waals surface area contributed by atoms with E-state index in [9.17, 15) is 9.59 Å². The molecule has 1 atom stereocenters. The summed E-state index contributed by atoms with van der Waals surface area (Å²) in [5, 5.41) is 0. The molecule has 0 N–H and O–H groups in total. The number of nitrogens with zero attached hydrogens (tertiary/aromatic N) is 3. The van der Waals surface area contributed by atoms with E-state index in [1.54, 1.807) is 4.90 Å². The number of benzene rings is 3. The molecule has 32 heavy (non-hydrogen) atoms. The van der Waals surface area contributed by atoms with Crippen LogP contribution in [0.5, 0.6) is 0 Å². The predicted octanol–water partition coefficient (Wildman–Crippen LogP) is 3.73. The van der Waals surface area contributed by atoms with Crippen LogP contribution in [0, 0.1) is 0 Å². The summed E-state index contributed by atoms with van der Waals surface area (Å²) in [5.74, 6) is -0.0535. The summed E-state index contributed by atoms with van der Waals surface area (Å²) in [6.07, 6.45) is 0. The highest BCUT2D eigenvalue weighted by Gasteiger charge is 2.39. The Bertz CT molecular complexity index is 1090. The summed E-state index contributed by atoms with van der Waals surface area (Å²) in [6, 6.07) is 27.2. The van der Waals surface area contributed by atoms with Crippen LogP contribution in [0.15, 0.2) is 84.9 Å². The fourth-order valence-corrected chi connectivity index (χ4v) is 4.72. The average Bonchev–Trinajstić information content (AvgIpc) is 3.17. The first-order valence-corrected chi connectivity index (χ1v) is 11.2. The molecular weight excluding hydrogens is 398 g/mol. The van der Waals surface area contributed by atoms with Gasteiger partial charge in [-0.3, -0.25) is 14.5 Å². The van der Waals surface area contributed by atoms with Crippen LogP contribution in [0.1, 0.15) is 33.1 Å². The Kier molecular flexibility index (Phi) is 5.73. The minimum atomic E-state index is -0.600. The van der Waals surface area contributed by atoms with Gasteiger partial charge in [0.25, 0.3) is 5.91 Å². The fourth-order valence-electron chi connectivity index (χ4n) is 4.72. The van der Waals surface area contributed by atoms with Gasteiger partial charge in [-0.2, -0.15) is 0 Å². The summed E-state index contributed by atoms with van der Waals surface area (Å²) in [5.41, 5.74) is 3.84. The molecule has 0 radical (unpaired) electrons. The van der Waals surface area contributed by atoms with Gasteiger partial charge < -0.3 is 9.80 Å². The lowest BCUT2D eigenvalue weighted by atomic mass is 10.0. The van der Waals surface area contributed by atoms with Crippen LogP contribution in [0.3, 0.4) is 0 Å². The molecule has 5 heteroatoms. The zero-order valence-corrected chi connectivity index (χ0v) is 18.1. The molecule has 2 amide bonds. The zero-order valence-electron chi connectivity index (χ0n) is 18.1. The van der Waals surface area contributed by atoms with E-state index >= 15 is 0 Å². The Balaban J connectivity index is 1.33. The SMILES string of the molecule is O=C([C@@H](c1ccccc1)N1Cc2ccccc2C1=O)N1CCN(Cc2ccccc2)CC1. The summed E-state index contributed by atoms with van der Waals surface area (Å²) < 4.78 is 0. The maximum atomic E-state index is 13.8. The predicted molar refractivity (Wildman–Crippen MR) is 124 cm³/mol. The van der Waals surface area contributed by atoms with Crippen molar-refractivity contribution in [3.63, 3.8) is 0 Å². The number of carbonyl (C=O) groups excluding carboxylic acids is 2. The van der Waals surface area contributed by atoms with Crippen LogP contribution in [0.4, 0.5) is 0 Å². The van der Waals surface area contributed by atoms with Crippen molar-refractivity contribution in [1.29, 1.82) is 0 Å². The summed E-state index contributed by atoms with van der Waals surface area (Å²) >= 11 is 0. The Morgan fingerprint density at radius 3 is 2.09 bits per heavy atom. The van der Waals surface area contributed by atoms with Crippen LogP contribution < -0.4 is 0 Å². The van der Waals surface area contributed by atoms with E-state index in [0.717, 1.165) is 30.8 Å². The first-order chi connectivity index (χ1) is 15.7. The molecule has 5 nitrogen and oxygen atoms in total. The molecule has 1 fully saturated rings. The van der Waals surface area contributed by atoms with Gasteiger partial charge in [0.2, 0.25) is 5.91 Å². The smallest absolute Gasteiger partial charge is 0.255 e. The topological polar surface area (TPSA) is 43.9 Å². The van der Waals surface area contributed by atoms with Crippen LogP contribution >= 0.6 is 0 Å². The highest BCUT2D eigenvalue weighted by atomic mass is 16.2. The normalized spacial score (nSPS) is 17.3. The lowest BCUT2D eigenvalue weighted by Gasteiger charge is -2.38. The van der Waals surface area contributed by atoms with Gasteiger partial charge in [0, 0.05) is 44.8 Å². The molecule has 3 aromatic rings. The lowest BCUT2D eigenvalue weighted by Crippen LogP contribution is -2.52. The van der Waals surface area contributed by atoms with E-state index in [4.69, 9.17) is 0 Å². The standard InChI is InChI=1S/C27H27N3O2/c31-26-24-14-8-7-13-23(24)20-30(26)25(22-11-5-2-6-12-22)27(32)29-17-15-28(16-18-29)19-21-9-3-1-4-10-21/h1-14,25H,15-20H2/t25-/m1/s1. The van der Waals surface area contributed by atoms with Gasteiger partial charge in [0.1, 0.15) is 6.04 Å². The van der Waals surface area contributed by atoms with Gasteiger partial charge in [0.15, 0.2) is 0 Å². The van der Waals surface area contributed by atoms with Crippen LogP contribution in [-0.2, 0) is 17.9 Å². The van der Waals surface area contributed by atoms with Gasteiger partial charge in [-0.05, 0) is 22.8 Å². The van der Waals surface area contributed by atoms with E-state index in [-0.39, 0.29) is 11.8 Å². The number of fused-ring (bicyclic) bond motifs is 1. The highest BCUT2D eigenvalue weighted by Crippen LogP contribution is 2.33. The maximum absolute atomic E-state index is 13.8. The van der Waals surface area contributed by atoms with Crippen LogP contribution in [-0.4, -0.2) is 52.7 Å². The average molecular weight is 426 g/mol. The molecule has 0 bridgehead atoms. The van der Waals surface area contributed by atoms with Crippen molar-refractivity contribution in [2.24, 2.45) is 0 Å². The van der Waals surface area contributed by atoms with E-state index < -0.39 is 6.04 Å². The Morgan fingerprint density at radius 1 is 0.781 bits per heavy atom. The molecule has 2 aliphatic heterocycles. The first kappa shape index (κ1) is 20.5. The lowest BCUT2D eigenvalue weighted by molar-refractivity contribution is -0.138. The van der Waals surface area contributed by atoms with Crippen LogP contribution in [0.2, 0.25) is 0 Å². The van der Waals surface area contributed by atoms with Gasteiger partial charge >= 0.3 is 0 Å². The number of amides is 2. The number of carbonyl (C=O) groups is 2. The van der Waals surface area contributed by atoms with Crippen LogP contribution in [0.25, 0.3) is 0 Å². The molecule has 0 spiro atoms. The van der Waals surface area contributed by atoms with E-state index in [0.29, 0.717) is 25.2 Å². The Labute approximate surface area is 188 Å². The van der Waals surface area contributed by atoms with E-state index in [2.05, 4.69) is 29.2 Å². The van der Waals surface area contributed by atoms with Gasteiger partial charge in [-0.25, -0.2) is 0 Å². The summed E-state index contributed by atoms with van der Waals surface area (Å²) in [7, 11) is 0. The number of hydrogen-bond acceptors (Lipinski definition) is 3. The monoisotopic (exact) mass is 425 g/mol. The third-order valence-corrected chi connectivity index (χ3v) is 6.44. The molecule has 1 saturated heterocycles. The quantitative estimate of drug-likeness (QED) is 0.626. The number of piperazine rings is 1. The molecule has 0 saturated carbocycles. The zero-order chi connectivity index (χ0) is 21.9. The first-order valence-electron chi connectivity index (χ1n) is 11.2. The Hall–Kier alpha value is -3.44. The third kappa shape index (κ3) is 4.04. The van der Waals surface area contributed by atoms with Crippen molar-refractivity contribution in [3.8, 4) is 0 Å². The second-order valence-electron chi connectivity index (χ2n) is 8.49. The van der Waals surface area contributed by atoms with E-state index in [1.807, 2.05) is 65.6 Å². The second-order valence-corrected chi connectivity index (χ2v) is 8.49. The second kappa shape index (κ2) is 8.97. The van der Waals surface area contributed by atoms with Gasteiger partial charge in [0.05, 0.1) is 0 Å². The molecule has 5 rings (SSSR count). The summed E-state index contributed by atoms with van der Waals surface area (Å²) in [6.45, 7) is 4.36. The number of rotatable bonds is 5. The fraction of sp³-hybridized carbons (Fsp3) is 0.259. The third-order valence-electron chi connectivity index (χ3n) is 6.44. The summed E-state index contributed by atoms with van der Waals surface area (Å²) in [4.78, 5) is 33.0. The van der Waals surface area contributed by atoms with Gasteiger partial charge in [-0.15, -0.1) is 0 Å². The molecule has 0 aromatic heterocycles. The molecule has 0 aliphatic carbocycles. The molecule has 162 valence electrons. The molecule has 2 heterocycles. The maximum Gasteiger partial charge on any atom is 0.255 e. The molecular formula is C27H27N3O2. The van der Waals surface area contributed by atoms with Crippen molar-refractivity contribution >= 4 is 11.8 Å².